The van der Waals surface area contributed by atoms with Gasteiger partial charge >= 0.3 is 0 Å². The maximum Gasteiger partial charge on any atom is 0.235 e. The van der Waals surface area contributed by atoms with Crippen molar-refractivity contribution in [3.05, 3.63) is 144 Å². The number of nitrogens with zero attached hydrogens (tertiary/aromatic N) is 3. The minimum atomic E-state index is 0.447. The quantitative estimate of drug-likeness (QED) is 0.281. The van der Waals surface area contributed by atoms with Gasteiger partial charge in [0, 0.05) is 39.2 Å². The van der Waals surface area contributed by atoms with Crippen molar-refractivity contribution in [3.63, 3.8) is 0 Å². The van der Waals surface area contributed by atoms with Gasteiger partial charge in [-0.3, -0.25) is 4.57 Å². The highest BCUT2D eigenvalue weighted by Gasteiger charge is 2.18. The lowest BCUT2D eigenvalue weighted by molar-refractivity contribution is 0.938. The molecular formula is C35H25N5. The molecule has 190 valence electrons. The van der Waals surface area contributed by atoms with E-state index in [1.807, 2.05) is 103 Å². The fourth-order valence-corrected chi connectivity index (χ4v) is 5.11. The van der Waals surface area contributed by atoms with E-state index in [-0.39, 0.29) is 0 Å². The van der Waals surface area contributed by atoms with E-state index in [1.54, 1.807) is 0 Å². The number of allylic oxidation sites excluding steroid dienone is 1. The first kappa shape index (κ1) is 23.6. The molecule has 6 aromatic rings. The minimum absolute atomic E-state index is 0.447. The van der Waals surface area contributed by atoms with Crippen molar-refractivity contribution in [2.24, 2.45) is 0 Å². The number of fused-ring (bicyclic) bond motifs is 3. The molecule has 0 radical (unpaired) electrons. The Labute approximate surface area is 231 Å². The van der Waals surface area contributed by atoms with Gasteiger partial charge in [-0.15, -0.1) is 0 Å². The maximum absolute atomic E-state index is 8.79. The highest BCUT2D eigenvalue weighted by atomic mass is 15.2. The van der Waals surface area contributed by atoms with Gasteiger partial charge in [0.2, 0.25) is 5.95 Å². The second-order valence-corrected chi connectivity index (χ2v) is 9.63. The van der Waals surface area contributed by atoms with Crippen molar-refractivity contribution in [1.82, 2.24) is 14.5 Å². The predicted octanol–water partition coefficient (Wildman–Crippen LogP) is 6.34. The van der Waals surface area contributed by atoms with Gasteiger partial charge in [-0.2, -0.15) is 0 Å². The van der Waals surface area contributed by atoms with Crippen LogP contribution in [0.15, 0.2) is 133 Å². The molecule has 0 atom stereocenters. The lowest BCUT2D eigenvalue weighted by Gasteiger charge is -2.12. The molecule has 2 aromatic heterocycles. The number of hydrogen-bond donors (Lipinski definition) is 2. The Morgan fingerprint density at radius 3 is 1.88 bits per heavy atom. The fourth-order valence-electron chi connectivity index (χ4n) is 5.11. The highest BCUT2D eigenvalue weighted by molar-refractivity contribution is 6.25. The largest absolute Gasteiger partial charge is 0.361 e. The predicted molar refractivity (Wildman–Crippen MR) is 164 cm³/mol. The molecule has 0 unspecified atom stereocenters. The van der Waals surface area contributed by atoms with Crippen LogP contribution in [-0.4, -0.2) is 20.2 Å². The average Bonchev–Trinajstić information content (AvgIpc) is 3.34. The molecule has 0 amide bonds. The zero-order valence-electron chi connectivity index (χ0n) is 21.6. The fraction of sp³-hybridized carbons (Fsp3) is 0. The number of nitrogens with one attached hydrogen (secondary N) is 2. The smallest absolute Gasteiger partial charge is 0.235 e. The van der Waals surface area contributed by atoms with Crippen LogP contribution in [0.5, 0.6) is 0 Å². The number of hydrogen-bond acceptors (Lipinski definition) is 4. The van der Waals surface area contributed by atoms with Gasteiger partial charge in [0.15, 0.2) is 0 Å². The maximum atomic E-state index is 8.79. The summed E-state index contributed by atoms with van der Waals surface area (Å²) in [4.78, 5) is 10.2. The van der Waals surface area contributed by atoms with Crippen LogP contribution in [-0.2, 0) is 0 Å². The first-order valence-electron chi connectivity index (χ1n) is 13.2. The first-order chi connectivity index (χ1) is 19.7. The number of aromatic nitrogens is 3. The summed E-state index contributed by atoms with van der Waals surface area (Å²) in [5.74, 6) is 0.589. The molecule has 1 aliphatic rings. The first-order valence-corrected chi connectivity index (χ1v) is 13.2. The van der Waals surface area contributed by atoms with Crippen molar-refractivity contribution in [3.8, 4) is 28.5 Å². The second-order valence-electron chi connectivity index (χ2n) is 9.63. The van der Waals surface area contributed by atoms with Gasteiger partial charge in [0.05, 0.1) is 28.0 Å². The Morgan fingerprint density at radius 1 is 0.650 bits per heavy atom. The molecule has 5 nitrogen and oxygen atoms in total. The Hall–Kier alpha value is -5.55. The van der Waals surface area contributed by atoms with E-state index in [0.29, 0.717) is 11.7 Å². The molecular weight excluding hydrogens is 490 g/mol. The van der Waals surface area contributed by atoms with Crippen LogP contribution in [0.3, 0.4) is 0 Å². The van der Waals surface area contributed by atoms with Gasteiger partial charge in [-0.25, -0.2) is 9.97 Å². The second kappa shape index (κ2) is 9.97. The van der Waals surface area contributed by atoms with Crippen LogP contribution in [0, 0.1) is 5.41 Å². The third-order valence-corrected chi connectivity index (χ3v) is 7.07. The molecule has 1 aliphatic carbocycles. The molecule has 0 spiro atoms. The Kier molecular flexibility index (Phi) is 5.87. The molecule has 0 aliphatic heterocycles. The summed E-state index contributed by atoms with van der Waals surface area (Å²) in [6.45, 7) is 0. The minimum Gasteiger partial charge on any atom is -0.361 e. The summed E-state index contributed by atoms with van der Waals surface area (Å²) in [5.41, 5.74) is 6.95. The molecule has 2 N–H and O–H groups in total. The molecule has 5 heteroatoms. The van der Waals surface area contributed by atoms with E-state index in [0.717, 1.165) is 55.2 Å². The summed E-state index contributed by atoms with van der Waals surface area (Å²) in [6, 6.07) is 40.7. The van der Waals surface area contributed by atoms with Gasteiger partial charge in [0.25, 0.3) is 0 Å². The molecule has 0 fully saturated rings. The average molecular weight is 516 g/mol. The molecule has 40 heavy (non-hydrogen) atoms. The molecule has 0 bridgehead atoms. The van der Waals surface area contributed by atoms with Crippen molar-refractivity contribution >= 4 is 34.5 Å². The Balaban J connectivity index is 1.48. The van der Waals surface area contributed by atoms with E-state index in [2.05, 4.69) is 46.3 Å². The van der Waals surface area contributed by atoms with Crippen molar-refractivity contribution in [2.75, 3.05) is 5.32 Å². The molecule has 4 aromatic carbocycles. The Morgan fingerprint density at radius 2 is 1.23 bits per heavy atom. The molecule has 7 rings (SSSR count). The van der Waals surface area contributed by atoms with E-state index in [1.165, 1.54) is 0 Å². The van der Waals surface area contributed by atoms with E-state index >= 15 is 0 Å². The SMILES string of the molecule is N=C1C=c2c(n(-c3nc(-c4ccccc4)cc(-c4ccccc4)n3)c3ccccc23)=C/C1=C/Nc1ccccc1. The van der Waals surface area contributed by atoms with Crippen molar-refractivity contribution in [1.29, 1.82) is 5.41 Å². The molecule has 0 saturated carbocycles. The van der Waals surface area contributed by atoms with E-state index in [9.17, 15) is 0 Å². The third kappa shape index (κ3) is 4.29. The topological polar surface area (TPSA) is 66.6 Å². The summed E-state index contributed by atoms with van der Waals surface area (Å²) in [6.07, 6.45) is 5.87. The van der Waals surface area contributed by atoms with Crippen LogP contribution in [0.1, 0.15) is 0 Å². The van der Waals surface area contributed by atoms with Gasteiger partial charge in [-0.1, -0.05) is 97.1 Å². The summed E-state index contributed by atoms with van der Waals surface area (Å²) in [7, 11) is 0. The van der Waals surface area contributed by atoms with Crippen LogP contribution in [0.25, 0.3) is 51.5 Å². The standard InChI is InChI=1S/C35H25N5/c36-30-21-29-28-18-10-11-19-33(28)40(34(29)20-26(30)23-37-27-16-8-3-9-17-27)35-38-31(24-12-4-1-5-13-24)22-32(39-35)25-14-6-2-7-15-25/h1-23,36-37H/b26-23-,36-30?. The van der Waals surface area contributed by atoms with Crippen LogP contribution >= 0.6 is 0 Å². The number of para-hydroxylation sites is 2. The van der Waals surface area contributed by atoms with Gasteiger partial charge in [-0.05, 0) is 36.4 Å². The number of rotatable bonds is 5. The van der Waals surface area contributed by atoms with Crippen LogP contribution in [0.4, 0.5) is 5.69 Å². The molecule has 0 saturated heterocycles. The van der Waals surface area contributed by atoms with Crippen LogP contribution < -0.4 is 15.9 Å². The van der Waals surface area contributed by atoms with Gasteiger partial charge < -0.3 is 10.7 Å². The number of anilines is 1. The summed E-state index contributed by atoms with van der Waals surface area (Å²) < 4.78 is 2.11. The van der Waals surface area contributed by atoms with Crippen molar-refractivity contribution < 1.29 is 0 Å². The lowest BCUT2D eigenvalue weighted by Crippen LogP contribution is -2.34. The lowest BCUT2D eigenvalue weighted by atomic mass is 10.0. The zero-order chi connectivity index (χ0) is 26.9. The summed E-state index contributed by atoms with van der Waals surface area (Å²) >= 11 is 0. The van der Waals surface area contributed by atoms with Gasteiger partial charge in [0.1, 0.15) is 0 Å². The summed E-state index contributed by atoms with van der Waals surface area (Å²) in [5, 5.41) is 15.1. The van der Waals surface area contributed by atoms with E-state index in [4.69, 9.17) is 15.4 Å². The van der Waals surface area contributed by atoms with Crippen molar-refractivity contribution in [2.45, 2.75) is 0 Å². The van der Waals surface area contributed by atoms with E-state index < -0.39 is 0 Å². The Bertz CT molecular complexity index is 1970. The monoisotopic (exact) mass is 515 g/mol. The normalized spacial score (nSPS) is 13.5. The zero-order valence-corrected chi connectivity index (χ0v) is 21.6. The number of benzene rings is 4. The highest BCUT2D eigenvalue weighted by Crippen LogP contribution is 2.26. The third-order valence-electron chi connectivity index (χ3n) is 7.07. The van der Waals surface area contributed by atoms with Crippen LogP contribution in [0.2, 0.25) is 0 Å². The molecule has 2 heterocycles.